The average molecular weight is 300 g/mol. The van der Waals surface area contributed by atoms with E-state index in [9.17, 15) is 17.6 Å². The van der Waals surface area contributed by atoms with Gasteiger partial charge in [0.15, 0.2) is 0 Å². The zero-order valence-corrected chi connectivity index (χ0v) is 11.0. The minimum Gasteiger partial charge on any atom is -0.371 e. The van der Waals surface area contributed by atoms with Crippen LogP contribution in [0.3, 0.4) is 0 Å². The smallest absolute Gasteiger partial charge is 0.371 e. The maximum Gasteiger partial charge on any atom is 0.411 e. The Kier molecular flexibility index (Phi) is 6.03. The van der Waals surface area contributed by atoms with Crippen LogP contribution in [0.1, 0.15) is 18.5 Å². The number of hydrogen-bond donors (Lipinski definition) is 1. The van der Waals surface area contributed by atoms with Gasteiger partial charge in [-0.2, -0.15) is 13.2 Å². The van der Waals surface area contributed by atoms with E-state index in [0.29, 0.717) is 5.56 Å². The summed E-state index contributed by atoms with van der Waals surface area (Å²) in [5, 5.41) is 3.22. The van der Waals surface area contributed by atoms with Gasteiger partial charge >= 0.3 is 6.18 Å². The number of benzene rings is 1. The SMILES string of the molecule is CC(NCCOCC(F)(F)F)c1ccc(F)cc1Cl. The van der Waals surface area contributed by atoms with E-state index in [4.69, 9.17) is 11.6 Å². The molecule has 0 fully saturated rings. The molecule has 0 amide bonds. The Morgan fingerprint density at radius 2 is 2.05 bits per heavy atom. The fourth-order valence-electron chi connectivity index (χ4n) is 1.50. The lowest BCUT2D eigenvalue weighted by Gasteiger charge is -2.16. The van der Waals surface area contributed by atoms with Gasteiger partial charge in [-0.1, -0.05) is 17.7 Å². The van der Waals surface area contributed by atoms with Crippen LogP contribution in [-0.2, 0) is 4.74 Å². The van der Waals surface area contributed by atoms with Crippen LogP contribution in [0.2, 0.25) is 5.02 Å². The first-order valence-electron chi connectivity index (χ1n) is 5.62. The van der Waals surface area contributed by atoms with Crippen LogP contribution in [0.5, 0.6) is 0 Å². The maximum absolute atomic E-state index is 12.8. The number of ether oxygens (including phenoxy) is 1. The molecular weight excluding hydrogens is 286 g/mol. The molecule has 0 spiro atoms. The van der Waals surface area contributed by atoms with Crippen LogP contribution in [0, 0.1) is 5.82 Å². The molecule has 1 atom stereocenters. The van der Waals surface area contributed by atoms with E-state index in [1.54, 1.807) is 6.92 Å². The number of halogens is 5. The van der Waals surface area contributed by atoms with Crippen molar-refractivity contribution in [2.24, 2.45) is 0 Å². The molecule has 2 nitrogen and oxygen atoms in total. The molecule has 1 rings (SSSR count). The zero-order chi connectivity index (χ0) is 14.5. The Balaban J connectivity index is 2.33. The van der Waals surface area contributed by atoms with Crippen molar-refractivity contribution >= 4 is 11.6 Å². The molecule has 0 aromatic heterocycles. The van der Waals surface area contributed by atoms with Gasteiger partial charge < -0.3 is 10.1 Å². The first-order valence-corrected chi connectivity index (χ1v) is 6.00. The van der Waals surface area contributed by atoms with Crippen LogP contribution in [0.4, 0.5) is 17.6 Å². The van der Waals surface area contributed by atoms with Crippen LogP contribution in [0.25, 0.3) is 0 Å². The Hall–Kier alpha value is -0.850. The summed E-state index contributed by atoms with van der Waals surface area (Å²) in [7, 11) is 0. The summed E-state index contributed by atoms with van der Waals surface area (Å²) in [6.45, 7) is 0.691. The highest BCUT2D eigenvalue weighted by molar-refractivity contribution is 6.31. The summed E-state index contributed by atoms with van der Waals surface area (Å²) in [6, 6.07) is 3.79. The summed E-state index contributed by atoms with van der Waals surface area (Å²) in [6.07, 6.45) is -4.31. The normalized spacial score (nSPS) is 13.6. The molecule has 0 aliphatic rings. The molecule has 0 heterocycles. The fourth-order valence-corrected chi connectivity index (χ4v) is 1.83. The summed E-state index contributed by atoms with van der Waals surface area (Å²) in [5.41, 5.74) is 0.680. The molecule has 108 valence electrons. The molecule has 0 saturated heterocycles. The summed E-state index contributed by atoms with van der Waals surface area (Å²) in [5.74, 6) is -0.436. The van der Waals surface area contributed by atoms with Gasteiger partial charge in [0, 0.05) is 17.6 Å². The lowest BCUT2D eigenvalue weighted by Crippen LogP contribution is -2.26. The van der Waals surface area contributed by atoms with Crippen molar-refractivity contribution in [1.82, 2.24) is 5.32 Å². The monoisotopic (exact) mass is 299 g/mol. The van der Waals surface area contributed by atoms with Gasteiger partial charge in [0.1, 0.15) is 12.4 Å². The van der Waals surface area contributed by atoms with Crippen molar-refractivity contribution in [2.75, 3.05) is 19.8 Å². The van der Waals surface area contributed by atoms with Crippen molar-refractivity contribution < 1.29 is 22.3 Å². The molecule has 1 N–H and O–H groups in total. The number of nitrogens with one attached hydrogen (secondary N) is 1. The molecule has 0 aliphatic heterocycles. The van der Waals surface area contributed by atoms with E-state index in [-0.39, 0.29) is 24.2 Å². The van der Waals surface area contributed by atoms with Crippen molar-refractivity contribution in [2.45, 2.75) is 19.1 Å². The Morgan fingerprint density at radius 3 is 2.63 bits per heavy atom. The van der Waals surface area contributed by atoms with Gasteiger partial charge in [-0.25, -0.2) is 4.39 Å². The van der Waals surface area contributed by atoms with Crippen molar-refractivity contribution in [3.8, 4) is 0 Å². The molecule has 0 aliphatic carbocycles. The van der Waals surface area contributed by atoms with E-state index in [1.807, 2.05) is 0 Å². The standard InChI is InChI=1S/C12H14ClF4NO/c1-8(10-3-2-9(14)6-11(10)13)18-4-5-19-7-12(15,16)17/h2-3,6,8,18H,4-5,7H2,1H3. The van der Waals surface area contributed by atoms with E-state index in [1.165, 1.54) is 18.2 Å². The minimum absolute atomic E-state index is 0.0668. The second-order valence-electron chi connectivity index (χ2n) is 4.01. The molecule has 1 aromatic carbocycles. The summed E-state index contributed by atoms with van der Waals surface area (Å²) < 4.78 is 52.7. The molecule has 0 radical (unpaired) electrons. The number of alkyl halides is 3. The lowest BCUT2D eigenvalue weighted by molar-refractivity contribution is -0.173. The quantitative estimate of drug-likeness (QED) is 0.639. The fraction of sp³-hybridized carbons (Fsp3) is 0.500. The van der Waals surface area contributed by atoms with Crippen LogP contribution in [0.15, 0.2) is 18.2 Å². The van der Waals surface area contributed by atoms with Gasteiger partial charge in [-0.3, -0.25) is 0 Å². The Bertz CT molecular complexity index is 411. The zero-order valence-electron chi connectivity index (χ0n) is 10.2. The third-order valence-electron chi connectivity index (χ3n) is 2.39. The predicted molar refractivity (Wildman–Crippen MR) is 64.7 cm³/mol. The van der Waals surface area contributed by atoms with Gasteiger partial charge in [-0.05, 0) is 24.6 Å². The first kappa shape index (κ1) is 16.2. The molecule has 0 bridgehead atoms. The average Bonchev–Trinajstić information content (AvgIpc) is 2.26. The lowest BCUT2D eigenvalue weighted by atomic mass is 10.1. The minimum atomic E-state index is -4.31. The van der Waals surface area contributed by atoms with Gasteiger partial charge in [-0.15, -0.1) is 0 Å². The molecule has 19 heavy (non-hydrogen) atoms. The topological polar surface area (TPSA) is 21.3 Å². The Morgan fingerprint density at radius 1 is 1.37 bits per heavy atom. The van der Waals surface area contributed by atoms with E-state index < -0.39 is 18.6 Å². The second kappa shape index (κ2) is 7.07. The van der Waals surface area contributed by atoms with Gasteiger partial charge in [0.2, 0.25) is 0 Å². The Labute approximate surface area is 113 Å². The predicted octanol–water partition coefficient (Wildman–Crippen LogP) is 3.71. The van der Waals surface area contributed by atoms with E-state index >= 15 is 0 Å². The van der Waals surface area contributed by atoms with E-state index in [0.717, 1.165) is 0 Å². The number of rotatable bonds is 6. The summed E-state index contributed by atoms with van der Waals surface area (Å²) in [4.78, 5) is 0. The highest BCUT2D eigenvalue weighted by Crippen LogP contribution is 2.23. The molecule has 7 heteroatoms. The van der Waals surface area contributed by atoms with E-state index in [2.05, 4.69) is 10.1 Å². The van der Waals surface area contributed by atoms with Gasteiger partial charge in [0.05, 0.1) is 6.61 Å². The van der Waals surface area contributed by atoms with Crippen molar-refractivity contribution in [1.29, 1.82) is 0 Å². The highest BCUT2D eigenvalue weighted by Gasteiger charge is 2.27. The molecule has 0 saturated carbocycles. The molecule has 1 unspecified atom stereocenters. The van der Waals surface area contributed by atoms with Crippen molar-refractivity contribution in [3.05, 3.63) is 34.6 Å². The van der Waals surface area contributed by atoms with Crippen LogP contribution >= 0.6 is 11.6 Å². The second-order valence-corrected chi connectivity index (χ2v) is 4.42. The van der Waals surface area contributed by atoms with Crippen molar-refractivity contribution in [3.63, 3.8) is 0 Å². The third kappa shape index (κ3) is 6.22. The maximum atomic E-state index is 12.8. The highest BCUT2D eigenvalue weighted by atomic mass is 35.5. The van der Waals surface area contributed by atoms with Gasteiger partial charge in [0.25, 0.3) is 0 Å². The summed E-state index contributed by atoms with van der Waals surface area (Å²) >= 11 is 5.86. The third-order valence-corrected chi connectivity index (χ3v) is 2.72. The largest absolute Gasteiger partial charge is 0.411 e. The first-order chi connectivity index (χ1) is 8.79. The number of hydrogen-bond acceptors (Lipinski definition) is 2. The van der Waals surface area contributed by atoms with Crippen LogP contribution < -0.4 is 5.32 Å². The molecule has 1 aromatic rings. The van der Waals surface area contributed by atoms with Crippen LogP contribution in [-0.4, -0.2) is 25.9 Å². The molecular formula is C12H14ClF4NO.